The van der Waals surface area contributed by atoms with E-state index < -0.39 is 23.8 Å². The second-order valence-corrected chi connectivity index (χ2v) is 4.56. The van der Waals surface area contributed by atoms with Gasteiger partial charge in [0.15, 0.2) is 0 Å². The number of carbonyl (C=O) groups excluding carboxylic acids is 1. The number of aliphatic hydroxyl groups is 1. The third-order valence-electron chi connectivity index (χ3n) is 3.55. The first kappa shape index (κ1) is 14.3. The number of nitriles is 1. The van der Waals surface area contributed by atoms with Gasteiger partial charge in [0.1, 0.15) is 17.6 Å². The van der Waals surface area contributed by atoms with Gasteiger partial charge in [0.2, 0.25) is 0 Å². The van der Waals surface area contributed by atoms with Gasteiger partial charge in [-0.25, -0.2) is 4.39 Å². The maximum absolute atomic E-state index is 14.0. The van der Waals surface area contributed by atoms with Gasteiger partial charge in [-0.3, -0.25) is 4.79 Å². The number of halogens is 1. The van der Waals surface area contributed by atoms with Gasteiger partial charge in [-0.1, -0.05) is 6.92 Å². The van der Waals surface area contributed by atoms with Crippen LogP contribution in [0.1, 0.15) is 35.3 Å². The van der Waals surface area contributed by atoms with Gasteiger partial charge in [-0.05, 0) is 12.5 Å². The Bertz CT molecular complexity index is 579. The molecular weight excluding hydrogens is 263 g/mol. The summed E-state index contributed by atoms with van der Waals surface area (Å²) in [6, 6.07) is 3.20. The van der Waals surface area contributed by atoms with E-state index in [-0.39, 0.29) is 17.9 Å². The summed E-state index contributed by atoms with van der Waals surface area (Å²) in [6.45, 7) is 1.52. The number of hydrogen-bond donors (Lipinski definition) is 1. The molecule has 2 atom stereocenters. The molecule has 0 bridgehead atoms. The van der Waals surface area contributed by atoms with Crippen molar-refractivity contribution in [1.29, 1.82) is 5.26 Å². The van der Waals surface area contributed by atoms with E-state index in [9.17, 15) is 19.6 Å². The van der Waals surface area contributed by atoms with Crippen LogP contribution in [0.2, 0.25) is 0 Å². The van der Waals surface area contributed by atoms with Crippen molar-refractivity contribution in [2.75, 3.05) is 13.7 Å². The Kier molecular flexibility index (Phi) is 3.91. The summed E-state index contributed by atoms with van der Waals surface area (Å²) in [5.41, 5.74) is 0.186. The maximum atomic E-state index is 14.0. The second-order valence-electron chi connectivity index (χ2n) is 4.56. The average Bonchev–Trinajstić information content (AvgIpc) is 2.73. The Balaban J connectivity index is 2.57. The van der Waals surface area contributed by atoms with E-state index in [0.717, 1.165) is 6.07 Å². The van der Waals surface area contributed by atoms with Crippen molar-refractivity contribution < 1.29 is 19.0 Å². The number of nitrogens with zero attached hydrogens (tertiary/aromatic N) is 2. The largest absolute Gasteiger partial charge is 0.497 e. The molecule has 0 saturated heterocycles. The predicted octanol–water partition coefficient (Wildman–Crippen LogP) is 1.63. The molecule has 1 amide bonds. The number of benzene rings is 1. The molecule has 20 heavy (non-hydrogen) atoms. The molecule has 0 spiro atoms. The zero-order chi connectivity index (χ0) is 14.9. The minimum absolute atomic E-state index is 0.107. The van der Waals surface area contributed by atoms with Crippen LogP contribution in [0, 0.1) is 17.1 Å². The molecule has 1 N–H and O–H groups in total. The van der Waals surface area contributed by atoms with E-state index in [0.29, 0.717) is 12.0 Å². The van der Waals surface area contributed by atoms with Crippen molar-refractivity contribution in [3.05, 3.63) is 29.1 Å². The number of amides is 1. The summed E-state index contributed by atoms with van der Waals surface area (Å²) in [5, 5.41) is 18.7. The predicted molar refractivity (Wildman–Crippen MR) is 68.6 cm³/mol. The van der Waals surface area contributed by atoms with Crippen LogP contribution < -0.4 is 4.74 Å². The molecule has 0 aliphatic carbocycles. The molecule has 6 heteroatoms. The maximum Gasteiger partial charge on any atom is 0.258 e. The SMILES string of the molecule is CCC(CO)N1C(=O)c2c(F)cc(OC)cc2C1C#N. The van der Waals surface area contributed by atoms with Crippen LogP contribution in [0.4, 0.5) is 4.39 Å². The number of methoxy groups -OCH3 is 1. The van der Waals surface area contributed by atoms with E-state index in [4.69, 9.17) is 4.74 Å². The van der Waals surface area contributed by atoms with E-state index in [1.165, 1.54) is 18.1 Å². The molecule has 0 aromatic heterocycles. The molecule has 106 valence electrons. The van der Waals surface area contributed by atoms with Gasteiger partial charge < -0.3 is 14.7 Å². The molecule has 1 aliphatic heterocycles. The monoisotopic (exact) mass is 278 g/mol. The molecule has 2 unspecified atom stereocenters. The highest BCUT2D eigenvalue weighted by molar-refractivity contribution is 6.00. The van der Waals surface area contributed by atoms with Crippen LogP contribution >= 0.6 is 0 Å². The van der Waals surface area contributed by atoms with E-state index >= 15 is 0 Å². The number of fused-ring (bicyclic) bond motifs is 1. The molecular formula is C14H15FN2O3. The quantitative estimate of drug-likeness (QED) is 0.908. The number of rotatable bonds is 4. The van der Waals surface area contributed by atoms with Gasteiger partial charge in [0, 0.05) is 11.6 Å². The Morgan fingerprint density at radius 2 is 2.30 bits per heavy atom. The Morgan fingerprint density at radius 1 is 1.60 bits per heavy atom. The first-order valence-electron chi connectivity index (χ1n) is 6.29. The highest BCUT2D eigenvalue weighted by Gasteiger charge is 2.42. The molecule has 1 aromatic rings. The molecule has 1 aromatic carbocycles. The molecule has 2 rings (SSSR count). The van der Waals surface area contributed by atoms with Crippen LogP contribution in [0.25, 0.3) is 0 Å². The van der Waals surface area contributed by atoms with Crippen molar-refractivity contribution in [1.82, 2.24) is 4.90 Å². The van der Waals surface area contributed by atoms with Gasteiger partial charge in [-0.2, -0.15) is 5.26 Å². The third-order valence-corrected chi connectivity index (χ3v) is 3.55. The first-order chi connectivity index (χ1) is 9.58. The fraction of sp³-hybridized carbons (Fsp3) is 0.429. The Hall–Kier alpha value is -2.13. The molecule has 1 aliphatic rings. The van der Waals surface area contributed by atoms with Crippen LogP contribution in [0.5, 0.6) is 5.75 Å². The summed E-state index contributed by atoms with van der Waals surface area (Å²) in [7, 11) is 1.39. The first-order valence-corrected chi connectivity index (χ1v) is 6.29. The van der Waals surface area contributed by atoms with Crippen LogP contribution in [0.15, 0.2) is 12.1 Å². The van der Waals surface area contributed by atoms with Crippen LogP contribution in [-0.2, 0) is 0 Å². The standard InChI is InChI=1S/C14H15FN2O3/c1-3-8(7-18)17-12(6-16)10-4-9(20-2)5-11(15)13(10)14(17)19/h4-5,8,12,18H,3,7H2,1-2H3. The van der Waals surface area contributed by atoms with Crippen molar-refractivity contribution in [2.45, 2.75) is 25.4 Å². The lowest BCUT2D eigenvalue weighted by Gasteiger charge is -2.28. The summed E-state index contributed by atoms with van der Waals surface area (Å²) < 4.78 is 19.0. The van der Waals surface area contributed by atoms with Gasteiger partial charge in [0.05, 0.1) is 31.4 Å². The summed E-state index contributed by atoms with van der Waals surface area (Å²) >= 11 is 0. The van der Waals surface area contributed by atoms with E-state index in [1.807, 2.05) is 6.07 Å². The zero-order valence-corrected chi connectivity index (χ0v) is 11.3. The smallest absolute Gasteiger partial charge is 0.258 e. The normalized spacial score (nSPS) is 18.6. The van der Waals surface area contributed by atoms with E-state index in [1.54, 1.807) is 6.92 Å². The van der Waals surface area contributed by atoms with Gasteiger partial charge >= 0.3 is 0 Å². The fourth-order valence-corrected chi connectivity index (χ4v) is 2.48. The van der Waals surface area contributed by atoms with Crippen molar-refractivity contribution >= 4 is 5.91 Å². The molecule has 0 fully saturated rings. The van der Waals surface area contributed by atoms with Crippen LogP contribution in [-0.4, -0.2) is 35.7 Å². The summed E-state index contributed by atoms with van der Waals surface area (Å²) in [6.07, 6.45) is 0.479. The van der Waals surface area contributed by atoms with E-state index in [2.05, 4.69) is 0 Å². The highest BCUT2D eigenvalue weighted by atomic mass is 19.1. The fourth-order valence-electron chi connectivity index (χ4n) is 2.48. The Labute approximate surface area is 116 Å². The lowest BCUT2D eigenvalue weighted by molar-refractivity contribution is 0.0569. The lowest BCUT2D eigenvalue weighted by Crippen LogP contribution is -2.40. The number of carbonyl (C=O) groups is 1. The molecule has 1 heterocycles. The van der Waals surface area contributed by atoms with Crippen molar-refractivity contribution in [2.24, 2.45) is 0 Å². The van der Waals surface area contributed by atoms with Gasteiger partial charge in [0.25, 0.3) is 5.91 Å². The van der Waals surface area contributed by atoms with Crippen molar-refractivity contribution in [3.63, 3.8) is 0 Å². The third kappa shape index (κ3) is 2.00. The molecule has 5 nitrogen and oxygen atoms in total. The van der Waals surface area contributed by atoms with Gasteiger partial charge in [-0.15, -0.1) is 0 Å². The molecule has 0 saturated carbocycles. The summed E-state index contributed by atoms with van der Waals surface area (Å²) in [4.78, 5) is 13.6. The Morgan fingerprint density at radius 3 is 2.80 bits per heavy atom. The topological polar surface area (TPSA) is 73.6 Å². The highest BCUT2D eigenvalue weighted by Crippen LogP contribution is 2.38. The summed E-state index contributed by atoms with van der Waals surface area (Å²) in [5.74, 6) is -1.01. The minimum Gasteiger partial charge on any atom is -0.497 e. The average molecular weight is 278 g/mol. The lowest BCUT2D eigenvalue weighted by atomic mass is 10.0. The number of ether oxygens (including phenoxy) is 1. The number of aliphatic hydroxyl groups excluding tert-OH is 1. The minimum atomic E-state index is -0.904. The molecule has 0 radical (unpaired) electrons. The second kappa shape index (κ2) is 5.47. The zero-order valence-electron chi connectivity index (χ0n) is 11.3. The van der Waals surface area contributed by atoms with Crippen molar-refractivity contribution in [3.8, 4) is 11.8 Å². The number of hydrogen-bond acceptors (Lipinski definition) is 4. The van der Waals surface area contributed by atoms with Crippen LogP contribution in [0.3, 0.4) is 0 Å².